The van der Waals surface area contributed by atoms with Crippen LogP contribution in [-0.4, -0.2) is 25.1 Å². The summed E-state index contributed by atoms with van der Waals surface area (Å²) in [5.74, 6) is 1.95. The van der Waals surface area contributed by atoms with E-state index in [4.69, 9.17) is 19.3 Å². The Morgan fingerprint density at radius 2 is 2.25 bits per heavy atom. The fraction of sp³-hybridized carbons (Fsp3) is 0.333. The molecule has 0 aliphatic carbocycles. The monoisotopic (exact) mass is 222 g/mol. The van der Waals surface area contributed by atoms with Crippen LogP contribution in [0.1, 0.15) is 12.5 Å². The number of benzene rings is 1. The van der Waals surface area contributed by atoms with Crippen molar-refractivity contribution in [3.05, 3.63) is 23.8 Å². The van der Waals surface area contributed by atoms with E-state index in [1.807, 2.05) is 18.2 Å². The van der Waals surface area contributed by atoms with E-state index in [1.54, 1.807) is 20.1 Å². The minimum Gasteiger partial charge on any atom is -0.493 e. The van der Waals surface area contributed by atoms with Crippen LogP contribution in [0, 0.1) is 0 Å². The van der Waals surface area contributed by atoms with E-state index in [2.05, 4.69) is 0 Å². The fourth-order valence-electron chi connectivity index (χ4n) is 1.50. The summed E-state index contributed by atoms with van der Waals surface area (Å²) in [6, 6.07) is 3.69. The average Bonchev–Trinajstić information content (AvgIpc) is 2.73. The van der Waals surface area contributed by atoms with Gasteiger partial charge in [-0.25, -0.2) is 0 Å². The van der Waals surface area contributed by atoms with Crippen molar-refractivity contribution in [2.75, 3.05) is 13.9 Å². The Balaban J connectivity index is 2.34. The summed E-state index contributed by atoms with van der Waals surface area (Å²) >= 11 is 0. The highest BCUT2D eigenvalue weighted by Crippen LogP contribution is 2.42. The molecule has 0 bridgehead atoms. The van der Waals surface area contributed by atoms with E-state index in [9.17, 15) is 0 Å². The number of ether oxygens (including phenoxy) is 3. The third-order valence-electron chi connectivity index (χ3n) is 2.25. The highest BCUT2D eigenvalue weighted by molar-refractivity contribution is 5.62. The highest BCUT2D eigenvalue weighted by atomic mass is 16.7. The van der Waals surface area contributed by atoms with E-state index in [0.717, 1.165) is 5.56 Å². The molecular weight excluding hydrogens is 208 g/mol. The summed E-state index contributed by atoms with van der Waals surface area (Å²) in [6.07, 6.45) is 3.03. The van der Waals surface area contributed by atoms with E-state index in [-0.39, 0.29) is 6.79 Å². The molecule has 1 aromatic carbocycles. The quantitative estimate of drug-likeness (QED) is 0.847. The fourth-order valence-corrected chi connectivity index (χ4v) is 1.50. The van der Waals surface area contributed by atoms with Crippen LogP contribution in [0.15, 0.2) is 18.2 Å². The molecule has 1 heterocycles. The van der Waals surface area contributed by atoms with Gasteiger partial charge in [0.25, 0.3) is 0 Å². The Hall–Kier alpha value is -1.68. The van der Waals surface area contributed by atoms with Crippen LogP contribution in [-0.2, 0) is 0 Å². The Bertz CT molecular complexity index is 410. The third kappa shape index (κ3) is 2.12. The van der Waals surface area contributed by atoms with Crippen molar-refractivity contribution in [2.45, 2.75) is 13.0 Å². The van der Waals surface area contributed by atoms with Crippen LogP contribution in [0.2, 0.25) is 0 Å². The second-order valence-electron chi connectivity index (χ2n) is 3.56. The molecular formula is C12H14O4. The van der Waals surface area contributed by atoms with E-state index >= 15 is 0 Å². The van der Waals surface area contributed by atoms with Crippen molar-refractivity contribution in [3.63, 3.8) is 0 Å². The zero-order valence-corrected chi connectivity index (χ0v) is 9.27. The molecule has 0 aromatic heterocycles. The first kappa shape index (κ1) is 10.8. The van der Waals surface area contributed by atoms with Crippen molar-refractivity contribution < 1.29 is 19.3 Å². The minimum absolute atomic E-state index is 0.218. The number of hydrogen-bond acceptors (Lipinski definition) is 4. The van der Waals surface area contributed by atoms with Crippen molar-refractivity contribution in [1.29, 1.82) is 0 Å². The van der Waals surface area contributed by atoms with Crippen LogP contribution in [0.4, 0.5) is 0 Å². The van der Waals surface area contributed by atoms with Crippen LogP contribution < -0.4 is 14.2 Å². The summed E-state index contributed by atoms with van der Waals surface area (Å²) in [5.41, 5.74) is 0.905. The molecule has 4 heteroatoms. The van der Waals surface area contributed by atoms with Gasteiger partial charge >= 0.3 is 0 Å². The molecule has 16 heavy (non-hydrogen) atoms. The Labute approximate surface area is 94.1 Å². The summed E-state index contributed by atoms with van der Waals surface area (Å²) in [5, 5.41) is 9.16. The molecule has 1 aromatic rings. The maximum absolute atomic E-state index is 9.16. The zero-order chi connectivity index (χ0) is 11.5. The molecule has 0 spiro atoms. The van der Waals surface area contributed by atoms with Crippen molar-refractivity contribution >= 4 is 6.08 Å². The predicted octanol–water partition coefficient (Wildman–Crippen LogP) is 1.82. The number of aliphatic hydroxyl groups is 1. The first-order chi connectivity index (χ1) is 7.70. The minimum atomic E-state index is -0.476. The first-order valence-corrected chi connectivity index (χ1v) is 5.04. The molecule has 1 unspecified atom stereocenters. The van der Waals surface area contributed by atoms with Crippen LogP contribution in [0.25, 0.3) is 6.08 Å². The Morgan fingerprint density at radius 3 is 2.94 bits per heavy atom. The molecule has 1 aliphatic rings. The lowest BCUT2D eigenvalue weighted by Crippen LogP contribution is -1.93. The van der Waals surface area contributed by atoms with Crippen molar-refractivity contribution in [3.8, 4) is 17.2 Å². The van der Waals surface area contributed by atoms with Gasteiger partial charge < -0.3 is 19.3 Å². The average molecular weight is 222 g/mol. The lowest BCUT2D eigenvalue weighted by molar-refractivity contribution is 0.171. The molecule has 0 fully saturated rings. The number of aliphatic hydroxyl groups excluding tert-OH is 1. The normalized spacial score (nSPS) is 15.4. The molecule has 2 rings (SSSR count). The van der Waals surface area contributed by atoms with Gasteiger partial charge in [-0.1, -0.05) is 12.2 Å². The molecule has 0 saturated carbocycles. The van der Waals surface area contributed by atoms with Gasteiger partial charge in [-0.3, -0.25) is 0 Å². The van der Waals surface area contributed by atoms with Gasteiger partial charge in [-0.2, -0.15) is 0 Å². The molecule has 1 atom stereocenters. The van der Waals surface area contributed by atoms with Gasteiger partial charge in [0.05, 0.1) is 13.2 Å². The molecule has 4 nitrogen and oxygen atoms in total. The first-order valence-electron chi connectivity index (χ1n) is 5.04. The maximum Gasteiger partial charge on any atom is 0.231 e. The van der Waals surface area contributed by atoms with Gasteiger partial charge in [-0.15, -0.1) is 0 Å². The van der Waals surface area contributed by atoms with Crippen LogP contribution in [0.5, 0.6) is 17.2 Å². The standard InChI is InChI=1S/C12H14O4/c1-8(13)3-4-9-5-10(14-2)12-11(6-9)15-7-16-12/h3-6,8,13H,7H2,1-2H3/b4-3+. The lowest BCUT2D eigenvalue weighted by atomic mass is 10.1. The molecule has 86 valence electrons. The van der Waals surface area contributed by atoms with Crippen LogP contribution in [0.3, 0.4) is 0 Å². The SMILES string of the molecule is COc1cc(/C=C/C(C)O)cc2c1OCO2. The van der Waals surface area contributed by atoms with E-state index in [1.165, 1.54) is 0 Å². The Kier molecular flexibility index (Phi) is 3.01. The molecule has 0 saturated heterocycles. The number of methoxy groups -OCH3 is 1. The second-order valence-corrected chi connectivity index (χ2v) is 3.56. The summed E-state index contributed by atoms with van der Waals surface area (Å²) < 4.78 is 15.8. The summed E-state index contributed by atoms with van der Waals surface area (Å²) in [7, 11) is 1.58. The number of rotatable bonds is 3. The molecule has 1 aliphatic heterocycles. The zero-order valence-electron chi connectivity index (χ0n) is 9.27. The van der Waals surface area contributed by atoms with Gasteiger partial charge in [0.2, 0.25) is 12.5 Å². The van der Waals surface area contributed by atoms with E-state index < -0.39 is 6.10 Å². The smallest absolute Gasteiger partial charge is 0.231 e. The lowest BCUT2D eigenvalue weighted by Gasteiger charge is -2.05. The largest absolute Gasteiger partial charge is 0.493 e. The summed E-state index contributed by atoms with van der Waals surface area (Å²) in [4.78, 5) is 0. The Morgan fingerprint density at radius 1 is 1.44 bits per heavy atom. The van der Waals surface area contributed by atoms with Gasteiger partial charge in [0, 0.05) is 0 Å². The van der Waals surface area contributed by atoms with Crippen molar-refractivity contribution in [2.24, 2.45) is 0 Å². The maximum atomic E-state index is 9.16. The molecule has 0 amide bonds. The molecule has 0 radical (unpaired) electrons. The van der Waals surface area contributed by atoms with Crippen LogP contribution >= 0.6 is 0 Å². The molecule has 1 N–H and O–H groups in total. The highest BCUT2D eigenvalue weighted by Gasteiger charge is 2.19. The number of hydrogen-bond donors (Lipinski definition) is 1. The van der Waals surface area contributed by atoms with Gasteiger partial charge in [0.1, 0.15) is 0 Å². The van der Waals surface area contributed by atoms with Crippen molar-refractivity contribution in [1.82, 2.24) is 0 Å². The summed E-state index contributed by atoms with van der Waals surface area (Å²) in [6.45, 7) is 1.91. The number of fused-ring (bicyclic) bond motifs is 1. The second kappa shape index (κ2) is 4.45. The topological polar surface area (TPSA) is 47.9 Å². The van der Waals surface area contributed by atoms with Gasteiger partial charge in [0.15, 0.2) is 11.5 Å². The van der Waals surface area contributed by atoms with Gasteiger partial charge in [-0.05, 0) is 24.6 Å². The van der Waals surface area contributed by atoms with E-state index in [0.29, 0.717) is 17.2 Å². The predicted molar refractivity (Wildman–Crippen MR) is 59.8 cm³/mol. The third-order valence-corrected chi connectivity index (χ3v) is 2.25.